The van der Waals surface area contributed by atoms with E-state index < -0.39 is 10.0 Å². The molecule has 0 spiro atoms. The van der Waals surface area contributed by atoms with Crippen LogP contribution in [0.1, 0.15) is 40.4 Å². The highest BCUT2D eigenvalue weighted by molar-refractivity contribution is 7.89. The van der Waals surface area contributed by atoms with Crippen LogP contribution in [0.15, 0.2) is 21.6 Å². The molecule has 0 aliphatic heterocycles. The van der Waals surface area contributed by atoms with Gasteiger partial charge in [-0.25, -0.2) is 13.1 Å². The Labute approximate surface area is 115 Å². The molecule has 0 saturated carbocycles. The molecule has 0 aliphatic carbocycles. The maximum Gasteiger partial charge on any atom is 0.274 e. The molecule has 6 heteroatoms. The predicted molar refractivity (Wildman–Crippen MR) is 75.3 cm³/mol. The van der Waals surface area contributed by atoms with Gasteiger partial charge in [-0.05, 0) is 31.0 Å². The Morgan fingerprint density at radius 3 is 2.47 bits per heavy atom. The molecule has 1 heterocycles. The minimum absolute atomic E-state index is 0.0310. The molecule has 0 aliphatic rings. The average Bonchev–Trinajstić information content (AvgIpc) is 2.73. The van der Waals surface area contributed by atoms with E-state index in [0.29, 0.717) is 12.3 Å². The van der Waals surface area contributed by atoms with E-state index in [1.807, 2.05) is 34.6 Å². The van der Waals surface area contributed by atoms with Gasteiger partial charge in [0.15, 0.2) is 0 Å². The lowest BCUT2D eigenvalue weighted by atomic mass is 9.89. The SMILES string of the molecule is CCNCc1ccc(S(=O)(=O)NC(C)C(C)(C)C)o1. The van der Waals surface area contributed by atoms with Crippen molar-refractivity contribution >= 4 is 10.0 Å². The first-order chi connectivity index (χ1) is 8.66. The second-order valence-electron chi connectivity index (χ2n) is 5.71. The highest BCUT2D eigenvalue weighted by Crippen LogP contribution is 2.21. The lowest BCUT2D eigenvalue weighted by Crippen LogP contribution is -2.41. The van der Waals surface area contributed by atoms with Gasteiger partial charge in [-0.2, -0.15) is 0 Å². The Morgan fingerprint density at radius 1 is 1.32 bits per heavy atom. The number of hydrogen-bond acceptors (Lipinski definition) is 4. The van der Waals surface area contributed by atoms with E-state index in [1.54, 1.807) is 6.07 Å². The zero-order valence-corrected chi connectivity index (χ0v) is 13.1. The Morgan fingerprint density at radius 2 is 1.95 bits per heavy atom. The van der Waals surface area contributed by atoms with Crippen molar-refractivity contribution in [1.29, 1.82) is 0 Å². The van der Waals surface area contributed by atoms with Crippen LogP contribution in [-0.2, 0) is 16.6 Å². The molecule has 1 atom stereocenters. The van der Waals surface area contributed by atoms with Crippen molar-refractivity contribution < 1.29 is 12.8 Å². The summed E-state index contributed by atoms with van der Waals surface area (Å²) in [6.45, 7) is 11.1. The van der Waals surface area contributed by atoms with E-state index in [2.05, 4.69) is 10.0 Å². The number of furan rings is 1. The summed E-state index contributed by atoms with van der Waals surface area (Å²) in [4.78, 5) is 0. The van der Waals surface area contributed by atoms with Crippen molar-refractivity contribution in [3.05, 3.63) is 17.9 Å². The maximum absolute atomic E-state index is 12.2. The molecule has 0 amide bonds. The molecule has 1 rings (SSSR count). The molecule has 0 fully saturated rings. The fourth-order valence-electron chi connectivity index (χ4n) is 1.31. The summed E-state index contributed by atoms with van der Waals surface area (Å²) in [7, 11) is -3.59. The monoisotopic (exact) mass is 288 g/mol. The minimum Gasteiger partial charge on any atom is -0.447 e. The third kappa shape index (κ3) is 4.63. The Bertz CT molecular complexity index is 500. The van der Waals surface area contributed by atoms with Crippen LogP contribution < -0.4 is 10.0 Å². The lowest BCUT2D eigenvalue weighted by molar-refractivity contribution is 0.314. The number of nitrogens with one attached hydrogen (secondary N) is 2. The molecule has 19 heavy (non-hydrogen) atoms. The predicted octanol–water partition coefficient (Wildman–Crippen LogP) is 2.10. The topological polar surface area (TPSA) is 71.3 Å². The van der Waals surface area contributed by atoms with Crippen molar-refractivity contribution in [2.45, 2.75) is 52.3 Å². The van der Waals surface area contributed by atoms with Crippen LogP contribution in [0.3, 0.4) is 0 Å². The fraction of sp³-hybridized carbons (Fsp3) is 0.692. The van der Waals surface area contributed by atoms with Gasteiger partial charge in [-0.1, -0.05) is 27.7 Å². The third-order valence-corrected chi connectivity index (χ3v) is 4.50. The standard InChI is InChI=1S/C13H24N2O3S/c1-6-14-9-11-7-8-12(18-11)19(16,17)15-10(2)13(3,4)5/h7-8,10,14-15H,6,9H2,1-5H3. The van der Waals surface area contributed by atoms with E-state index in [4.69, 9.17) is 4.42 Å². The minimum atomic E-state index is -3.59. The van der Waals surface area contributed by atoms with Crippen molar-refractivity contribution in [3.8, 4) is 0 Å². The summed E-state index contributed by atoms with van der Waals surface area (Å²) >= 11 is 0. The van der Waals surface area contributed by atoms with Gasteiger partial charge in [-0.3, -0.25) is 0 Å². The summed E-state index contributed by atoms with van der Waals surface area (Å²) in [5, 5.41) is 3.05. The summed E-state index contributed by atoms with van der Waals surface area (Å²) in [5.41, 5.74) is -0.147. The molecule has 0 aromatic carbocycles. The van der Waals surface area contributed by atoms with Crippen molar-refractivity contribution in [3.63, 3.8) is 0 Å². The number of hydrogen-bond donors (Lipinski definition) is 2. The maximum atomic E-state index is 12.2. The van der Waals surface area contributed by atoms with Crippen LogP contribution in [0.25, 0.3) is 0 Å². The zero-order valence-electron chi connectivity index (χ0n) is 12.3. The van der Waals surface area contributed by atoms with E-state index in [9.17, 15) is 8.42 Å². The largest absolute Gasteiger partial charge is 0.447 e. The average molecular weight is 288 g/mol. The molecule has 2 N–H and O–H groups in total. The zero-order chi connectivity index (χ0) is 14.7. The summed E-state index contributed by atoms with van der Waals surface area (Å²) in [5.74, 6) is 0.616. The number of sulfonamides is 1. The molecule has 1 aromatic heterocycles. The molecular weight excluding hydrogens is 264 g/mol. The van der Waals surface area contributed by atoms with Gasteiger partial charge in [0.2, 0.25) is 5.09 Å². The summed E-state index contributed by atoms with van der Waals surface area (Å²) < 4.78 is 32.3. The Kier molecular flexibility index (Phi) is 5.18. The number of rotatable bonds is 6. The first-order valence-electron chi connectivity index (χ1n) is 6.48. The Balaban J connectivity index is 2.80. The van der Waals surface area contributed by atoms with Crippen molar-refractivity contribution in [2.24, 2.45) is 5.41 Å². The van der Waals surface area contributed by atoms with Gasteiger partial charge >= 0.3 is 0 Å². The highest BCUT2D eigenvalue weighted by atomic mass is 32.2. The van der Waals surface area contributed by atoms with Crippen LogP contribution in [0.5, 0.6) is 0 Å². The van der Waals surface area contributed by atoms with Crippen LogP contribution in [0.2, 0.25) is 0 Å². The quantitative estimate of drug-likeness (QED) is 0.841. The smallest absolute Gasteiger partial charge is 0.274 e. The molecule has 110 valence electrons. The second kappa shape index (κ2) is 6.07. The van der Waals surface area contributed by atoms with Gasteiger partial charge < -0.3 is 9.73 Å². The normalized spacial score (nSPS) is 14.6. The van der Waals surface area contributed by atoms with E-state index in [-0.39, 0.29) is 16.5 Å². The van der Waals surface area contributed by atoms with E-state index in [1.165, 1.54) is 6.07 Å². The first kappa shape index (κ1) is 16.2. The molecule has 0 saturated heterocycles. The molecule has 0 bridgehead atoms. The van der Waals surface area contributed by atoms with Gasteiger partial charge in [0, 0.05) is 6.04 Å². The molecule has 0 radical (unpaired) electrons. The third-order valence-electron chi connectivity index (χ3n) is 3.08. The summed E-state index contributed by atoms with van der Waals surface area (Å²) in [6.07, 6.45) is 0. The fourth-order valence-corrected chi connectivity index (χ4v) is 2.71. The van der Waals surface area contributed by atoms with Gasteiger partial charge in [0.1, 0.15) is 5.76 Å². The first-order valence-corrected chi connectivity index (χ1v) is 7.97. The van der Waals surface area contributed by atoms with E-state index in [0.717, 1.165) is 6.54 Å². The van der Waals surface area contributed by atoms with Crippen LogP contribution in [0.4, 0.5) is 0 Å². The highest BCUT2D eigenvalue weighted by Gasteiger charge is 2.27. The van der Waals surface area contributed by atoms with Crippen molar-refractivity contribution in [2.75, 3.05) is 6.54 Å². The molecule has 5 nitrogen and oxygen atoms in total. The molecular formula is C13H24N2O3S. The second-order valence-corrected chi connectivity index (χ2v) is 7.36. The Hall–Kier alpha value is -0.850. The molecule has 1 aromatic rings. The van der Waals surface area contributed by atoms with Crippen LogP contribution in [-0.4, -0.2) is 21.0 Å². The molecule has 1 unspecified atom stereocenters. The van der Waals surface area contributed by atoms with Gasteiger partial charge in [-0.15, -0.1) is 0 Å². The van der Waals surface area contributed by atoms with Crippen molar-refractivity contribution in [1.82, 2.24) is 10.0 Å². The van der Waals surface area contributed by atoms with Crippen LogP contribution >= 0.6 is 0 Å². The van der Waals surface area contributed by atoms with E-state index >= 15 is 0 Å². The van der Waals surface area contributed by atoms with Gasteiger partial charge in [0.05, 0.1) is 6.54 Å². The lowest BCUT2D eigenvalue weighted by Gasteiger charge is -2.27. The van der Waals surface area contributed by atoms with Crippen LogP contribution in [0, 0.1) is 5.41 Å². The summed E-state index contributed by atoms with van der Waals surface area (Å²) in [6, 6.07) is 2.99. The van der Waals surface area contributed by atoms with Gasteiger partial charge in [0.25, 0.3) is 10.0 Å².